The molecule has 1 atom stereocenters. The van der Waals surface area contributed by atoms with Crippen LogP contribution in [0.4, 0.5) is 0 Å². The van der Waals surface area contributed by atoms with Crippen LogP contribution in [-0.4, -0.2) is 19.4 Å². The van der Waals surface area contributed by atoms with Gasteiger partial charge in [0.05, 0.1) is 31.4 Å². The molecule has 1 unspecified atom stereocenters. The molecule has 0 fully saturated rings. The number of hydrogen-bond donors (Lipinski definition) is 0. The predicted octanol–water partition coefficient (Wildman–Crippen LogP) is 3.97. The molecule has 0 bridgehead atoms. The van der Waals surface area contributed by atoms with Gasteiger partial charge in [-0.3, -0.25) is 4.57 Å². The molecule has 100 valence electrons. The van der Waals surface area contributed by atoms with Gasteiger partial charge in [0.2, 0.25) is 0 Å². The zero-order chi connectivity index (χ0) is 13.1. The van der Waals surface area contributed by atoms with Gasteiger partial charge < -0.3 is 9.05 Å². The van der Waals surface area contributed by atoms with Crippen molar-refractivity contribution < 1.29 is 13.6 Å². The topological polar surface area (TPSA) is 59.3 Å². The van der Waals surface area contributed by atoms with Crippen molar-refractivity contribution >= 4 is 7.60 Å². The first-order valence-corrected chi connectivity index (χ1v) is 8.08. The van der Waals surface area contributed by atoms with E-state index in [9.17, 15) is 4.57 Å². The van der Waals surface area contributed by atoms with E-state index in [2.05, 4.69) is 6.07 Å². The van der Waals surface area contributed by atoms with Gasteiger partial charge in [-0.2, -0.15) is 5.26 Å². The van der Waals surface area contributed by atoms with E-state index in [1.165, 1.54) is 0 Å². The number of nitrogens with zero attached hydrogens (tertiary/aromatic N) is 1. The van der Waals surface area contributed by atoms with Gasteiger partial charge in [0.15, 0.2) is 0 Å². The van der Waals surface area contributed by atoms with Gasteiger partial charge in [0, 0.05) is 0 Å². The van der Waals surface area contributed by atoms with Crippen molar-refractivity contribution in [3.8, 4) is 6.07 Å². The summed E-state index contributed by atoms with van der Waals surface area (Å²) in [4.78, 5) is 0. The fraction of sp³-hybridized carbons (Fsp3) is 0.917. The summed E-state index contributed by atoms with van der Waals surface area (Å²) < 4.78 is 23.1. The number of hydrogen-bond acceptors (Lipinski definition) is 4. The Balaban J connectivity index is 4.25. The predicted molar refractivity (Wildman–Crippen MR) is 69.0 cm³/mol. The maximum Gasteiger partial charge on any atom is 0.331 e. The lowest BCUT2D eigenvalue weighted by Gasteiger charge is -2.19. The largest absolute Gasteiger partial charge is 0.331 e. The minimum absolute atomic E-state index is 0.191. The standard InChI is InChI=1S/C12H24NO3P/c1-4-6-8-15-17(14,11-12(3)10-13)16-9-7-5-2/h12H,4-9,11H2,1-3H3. The maximum absolute atomic E-state index is 12.3. The summed E-state index contributed by atoms with van der Waals surface area (Å²) in [5.41, 5.74) is 0. The SMILES string of the molecule is CCCCOP(=O)(CC(C)C#N)OCCCC. The van der Waals surface area contributed by atoms with Crippen molar-refractivity contribution in [2.24, 2.45) is 5.92 Å². The third kappa shape index (κ3) is 8.37. The van der Waals surface area contributed by atoms with Crippen molar-refractivity contribution in [2.75, 3.05) is 19.4 Å². The summed E-state index contributed by atoms with van der Waals surface area (Å²) in [7, 11) is -3.07. The van der Waals surface area contributed by atoms with Crippen molar-refractivity contribution in [2.45, 2.75) is 46.5 Å². The molecule has 4 nitrogen and oxygen atoms in total. The molecular weight excluding hydrogens is 237 g/mol. The molecule has 0 spiro atoms. The van der Waals surface area contributed by atoms with Crippen LogP contribution in [0, 0.1) is 17.2 Å². The number of rotatable bonds is 10. The summed E-state index contributed by atoms with van der Waals surface area (Å²) in [6.45, 7) is 6.71. The van der Waals surface area contributed by atoms with Crippen LogP contribution in [-0.2, 0) is 13.6 Å². The number of nitriles is 1. The Morgan fingerprint density at radius 3 is 2.00 bits per heavy atom. The third-order valence-corrected chi connectivity index (χ3v) is 4.44. The Morgan fingerprint density at radius 1 is 1.18 bits per heavy atom. The van der Waals surface area contributed by atoms with Crippen LogP contribution >= 0.6 is 7.60 Å². The second-order valence-corrected chi connectivity index (χ2v) is 6.30. The molecule has 0 aromatic carbocycles. The van der Waals surface area contributed by atoms with Crippen LogP contribution < -0.4 is 0 Å². The van der Waals surface area contributed by atoms with Crippen LogP contribution in [0.3, 0.4) is 0 Å². The lowest BCUT2D eigenvalue weighted by Crippen LogP contribution is -2.07. The zero-order valence-electron chi connectivity index (χ0n) is 11.1. The van der Waals surface area contributed by atoms with E-state index in [0.717, 1.165) is 25.7 Å². The van der Waals surface area contributed by atoms with Crippen molar-refractivity contribution in [3.05, 3.63) is 0 Å². The fourth-order valence-corrected chi connectivity index (χ4v) is 3.07. The quantitative estimate of drug-likeness (QED) is 0.441. The molecule has 0 aliphatic rings. The maximum atomic E-state index is 12.3. The first kappa shape index (κ1) is 16.6. The van der Waals surface area contributed by atoms with E-state index < -0.39 is 7.60 Å². The van der Waals surface area contributed by atoms with E-state index in [1.807, 2.05) is 13.8 Å². The molecule has 0 N–H and O–H groups in total. The lowest BCUT2D eigenvalue weighted by atomic mass is 10.3. The van der Waals surface area contributed by atoms with Gasteiger partial charge in [-0.05, 0) is 19.8 Å². The molecular formula is C12H24NO3P. The summed E-state index contributed by atoms with van der Waals surface area (Å²) in [5.74, 6) is -0.302. The Morgan fingerprint density at radius 2 is 1.65 bits per heavy atom. The summed E-state index contributed by atoms with van der Waals surface area (Å²) in [6.07, 6.45) is 3.90. The van der Waals surface area contributed by atoms with Crippen LogP contribution in [0.2, 0.25) is 0 Å². The highest BCUT2D eigenvalue weighted by atomic mass is 31.2. The molecule has 0 aliphatic heterocycles. The molecule has 0 amide bonds. The van der Waals surface area contributed by atoms with Gasteiger partial charge in [0.1, 0.15) is 0 Å². The summed E-state index contributed by atoms with van der Waals surface area (Å²) >= 11 is 0. The zero-order valence-corrected chi connectivity index (χ0v) is 12.0. The first-order valence-electron chi connectivity index (χ1n) is 6.35. The Bertz CT molecular complexity index is 261. The monoisotopic (exact) mass is 261 g/mol. The Hall–Kier alpha value is -0.360. The fourth-order valence-electron chi connectivity index (χ4n) is 1.21. The summed E-state index contributed by atoms with van der Waals surface area (Å²) in [6, 6.07) is 2.07. The smallest absolute Gasteiger partial charge is 0.309 e. The normalized spacial score (nSPS) is 13.3. The van der Waals surface area contributed by atoms with Gasteiger partial charge in [-0.15, -0.1) is 0 Å². The molecule has 0 rings (SSSR count). The highest BCUT2D eigenvalue weighted by Crippen LogP contribution is 2.49. The van der Waals surface area contributed by atoms with Crippen LogP contribution in [0.25, 0.3) is 0 Å². The minimum Gasteiger partial charge on any atom is -0.309 e. The van der Waals surface area contributed by atoms with E-state index >= 15 is 0 Å². The van der Waals surface area contributed by atoms with Crippen molar-refractivity contribution in [3.63, 3.8) is 0 Å². The minimum atomic E-state index is -3.07. The lowest BCUT2D eigenvalue weighted by molar-refractivity contribution is 0.198. The number of unbranched alkanes of at least 4 members (excludes halogenated alkanes) is 2. The van der Waals surface area contributed by atoms with Crippen LogP contribution in [0.15, 0.2) is 0 Å². The van der Waals surface area contributed by atoms with Gasteiger partial charge in [-0.25, -0.2) is 0 Å². The van der Waals surface area contributed by atoms with Crippen LogP contribution in [0.5, 0.6) is 0 Å². The second kappa shape index (κ2) is 9.65. The molecule has 0 aromatic heterocycles. The molecule has 0 heterocycles. The molecule has 5 heteroatoms. The van der Waals surface area contributed by atoms with Crippen LogP contribution in [0.1, 0.15) is 46.5 Å². The van der Waals surface area contributed by atoms with E-state index in [4.69, 9.17) is 14.3 Å². The van der Waals surface area contributed by atoms with E-state index in [1.54, 1.807) is 6.92 Å². The highest BCUT2D eigenvalue weighted by molar-refractivity contribution is 7.53. The van der Waals surface area contributed by atoms with Gasteiger partial charge >= 0.3 is 7.60 Å². The highest BCUT2D eigenvalue weighted by Gasteiger charge is 2.27. The van der Waals surface area contributed by atoms with E-state index in [-0.39, 0.29) is 12.1 Å². The van der Waals surface area contributed by atoms with Gasteiger partial charge in [-0.1, -0.05) is 26.7 Å². The molecule has 0 aliphatic carbocycles. The second-order valence-electron chi connectivity index (χ2n) is 4.20. The third-order valence-electron chi connectivity index (χ3n) is 2.29. The Labute approximate surface area is 105 Å². The van der Waals surface area contributed by atoms with Crippen molar-refractivity contribution in [1.29, 1.82) is 5.26 Å². The molecule has 0 radical (unpaired) electrons. The first-order chi connectivity index (χ1) is 8.08. The molecule has 17 heavy (non-hydrogen) atoms. The molecule has 0 saturated carbocycles. The average molecular weight is 261 g/mol. The van der Waals surface area contributed by atoms with E-state index in [0.29, 0.717) is 13.2 Å². The molecule has 0 aromatic rings. The van der Waals surface area contributed by atoms with Crippen molar-refractivity contribution in [1.82, 2.24) is 0 Å². The Kier molecular flexibility index (Phi) is 9.44. The summed E-state index contributed by atoms with van der Waals surface area (Å²) in [5, 5.41) is 8.76. The molecule has 0 saturated heterocycles. The van der Waals surface area contributed by atoms with Gasteiger partial charge in [0.25, 0.3) is 0 Å². The average Bonchev–Trinajstić information content (AvgIpc) is 2.29.